The molecule has 0 aromatic rings. The van der Waals surface area contributed by atoms with Crippen LogP contribution in [0.25, 0.3) is 0 Å². The van der Waals surface area contributed by atoms with E-state index in [1.165, 1.54) is 0 Å². The zero-order valence-corrected chi connectivity index (χ0v) is 11.4. The second-order valence-corrected chi connectivity index (χ2v) is 4.90. The summed E-state index contributed by atoms with van der Waals surface area (Å²) >= 11 is 0. The van der Waals surface area contributed by atoms with Crippen molar-refractivity contribution in [3.63, 3.8) is 0 Å². The van der Waals surface area contributed by atoms with Crippen LogP contribution < -0.4 is 0 Å². The van der Waals surface area contributed by atoms with Crippen LogP contribution in [0.3, 0.4) is 0 Å². The molecule has 0 aromatic heterocycles. The lowest BCUT2D eigenvalue weighted by Crippen LogP contribution is -2.24. The van der Waals surface area contributed by atoms with Gasteiger partial charge in [0.15, 0.2) is 6.29 Å². The summed E-state index contributed by atoms with van der Waals surface area (Å²) in [5.41, 5.74) is 0. The molecule has 0 fully saturated rings. The highest BCUT2D eigenvalue weighted by atomic mass is 31.2. The maximum atomic E-state index is 10.6. The van der Waals surface area contributed by atoms with Crippen LogP contribution in [-0.2, 0) is 18.6 Å². The van der Waals surface area contributed by atoms with E-state index in [0.29, 0.717) is 13.2 Å². The van der Waals surface area contributed by atoms with E-state index in [2.05, 4.69) is 4.52 Å². The number of ether oxygens (including phenoxy) is 2. The summed E-state index contributed by atoms with van der Waals surface area (Å²) in [6, 6.07) is 0. The third kappa shape index (κ3) is 12.3. The average molecular weight is 270 g/mol. The lowest BCUT2D eigenvalue weighted by molar-refractivity contribution is -0.161. The van der Waals surface area contributed by atoms with Gasteiger partial charge in [-0.05, 0) is 12.8 Å². The van der Waals surface area contributed by atoms with E-state index in [-0.39, 0.29) is 6.61 Å². The third-order valence-corrected chi connectivity index (χ3v) is 2.47. The highest BCUT2D eigenvalue weighted by Crippen LogP contribution is 2.35. The molecule has 0 aromatic carbocycles. The first-order valence-corrected chi connectivity index (χ1v) is 7.46. The average Bonchev–Trinajstić information content (AvgIpc) is 2.24. The Labute approximate surface area is 103 Å². The Balaban J connectivity index is 3.87. The molecule has 0 unspecified atom stereocenters. The van der Waals surface area contributed by atoms with Crippen molar-refractivity contribution in [2.75, 3.05) is 19.8 Å². The molecule has 0 bridgehead atoms. The van der Waals surface area contributed by atoms with E-state index >= 15 is 0 Å². The van der Waals surface area contributed by atoms with Crippen molar-refractivity contribution >= 4 is 7.82 Å². The lowest BCUT2D eigenvalue weighted by atomic mass is 10.3. The summed E-state index contributed by atoms with van der Waals surface area (Å²) < 4.78 is 25.6. The summed E-state index contributed by atoms with van der Waals surface area (Å²) in [5, 5.41) is 0. The highest BCUT2D eigenvalue weighted by molar-refractivity contribution is 7.46. The van der Waals surface area contributed by atoms with E-state index in [9.17, 15) is 4.57 Å². The van der Waals surface area contributed by atoms with Gasteiger partial charge in [0.05, 0.1) is 0 Å². The molecular formula is C10H23O6P. The van der Waals surface area contributed by atoms with Crippen LogP contribution in [0.15, 0.2) is 0 Å². The molecule has 0 aliphatic heterocycles. The maximum Gasteiger partial charge on any atom is 0.469 e. The summed E-state index contributed by atoms with van der Waals surface area (Å²) in [7, 11) is -4.46. The first kappa shape index (κ1) is 17.0. The topological polar surface area (TPSA) is 85.2 Å². The fraction of sp³-hybridized carbons (Fsp3) is 1.00. The predicted molar refractivity (Wildman–Crippen MR) is 63.5 cm³/mol. The van der Waals surface area contributed by atoms with Crippen molar-refractivity contribution in [3.05, 3.63) is 0 Å². The molecule has 0 aliphatic rings. The SMILES string of the molecule is CCCCOC(COP(=O)(O)O)OCCCC. The predicted octanol–water partition coefficient (Wildman–Crippen LogP) is 2.06. The summed E-state index contributed by atoms with van der Waals surface area (Å²) in [6.07, 6.45) is 3.02. The van der Waals surface area contributed by atoms with Gasteiger partial charge < -0.3 is 19.3 Å². The second-order valence-electron chi connectivity index (χ2n) is 3.66. The second kappa shape index (κ2) is 10.00. The first-order chi connectivity index (χ1) is 7.99. The Morgan fingerprint density at radius 1 is 1.06 bits per heavy atom. The van der Waals surface area contributed by atoms with Crippen LogP contribution in [0, 0.1) is 0 Å². The van der Waals surface area contributed by atoms with Gasteiger partial charge in [-0.1, -0.05) is 26.7 Å². The molecular weight excluding hydrogens is 247 g/mol. The van der Waals surface area contributed by atoms with Crippen molar-refractivity contribution in [2.24, 2.45) is 0 Å². The van der Waals surface area contributed by atoms with Gasteiger partial charge in [-0.3, -0.25) is 4.52 Å². The molecule has 0 saturated carbocycles. The molecule has 17 heavy (non-hydrogen) atoms. The fourth-order valence-corrected chi connectivity index (χ4v) is 1.34. The number of phosphoric ester groups is 1. The Bertz CT molecular complexity index is 207. The number of hydrogen-bond acceptors (Lipinski definition) is 4. The highest BCUT2D eigenvalue weighted by Gasteiger charge is 2.18. The van der Waals surface area contributed by atoms with Crippen LogP contribution >= 0.6 is 7.82 Å². The minimum Gasteiger partial charge on any atom is -0.350 e. The minimum atomic E-state index is -4.46. The van der Waals surface area contributed by atoms with Crippen LogP contribution in [0.5, 0.6) is 0 Å². The normalized spacial score (nSPS) is 12.3. The standard InChI is InChI=1S/C10H23O6P/c1-3-5-7-14-10(15-8-6-4-2)9-16-17(11,12)13/h10H,3-9H2,1-2H3,(H2,11,12,13). The minimum absolute atomic E-state index is 0.252. The van der Waals surface area contributed by atoms with Crippen molar-refractivity contribution in [1.82, 2.24) is 0 Å². The molecule has 0 heterocycles. The molecule has 104 valence electrons. The van der Waals surface area contributed by atoms with Gasteiger partial charge in [0.25, 0.3) is 0 Å². The van der Waals surface area contributed by atoms with Crippen molar-refractivity contribution in [1.29, 1.82) is 0 Å². The lowest BCUT2D eigenvalue weighted by Gasteiger charge is -2.18. The molecule has 0 rings (SSSR count). The molecule has 0 saturated heterocycles. The molecule has 6 nitrogen and oxygen atoms in total. The largest absolute Gasteiger partial charge is 0.469 e. The van der Waals surface area contributed by atoms with E-state index in [1.54, 1.807) is 0 Å². The summed E-state index contributed by atoms with van der Waals surface area (Å²) in [4.78, 5) is 17.2. The van der Waals surface area contributed by atoms with Gasteiger partial charge in [0.2, 0.25) is 0 Å². The number of phosphoric acid groups is 1. The molecule has 0 spiro atoms. The molecule has 0 atom stereocenters. The van der Waals surface area contributed by atoms with Gasteiger partial charge in [0.1, 0.15) is 6.61 Å². The van der Waals surface area contributed by atoms with E-state index in [4.69, 9.17) is 19.3 Å². The zero-order chi connectivity index (χ0) is 13.1. The molecule has 0 aliphatic carbocycles. The first-order valence-electron chi connectivity index (χ1n) is 5.93. The Morgan fingerprint density at radius 3 is 1.88 bits per heavy atom. The zero-order valence-electron chi connectivity index (χ0n) is 10.5. The smallest absolute Gasteiger partial charge is 0.350 e. The summed E-state index contributed by atoms with van der Waals surface area (Å²) in [6.45, 7) is 4.80. The van der Waals surface area contributed by atoms with Gasteiger partial charge in [-0.25, -0.2) is 4.57 Å². The number of rotatable bonds is 11. The monoisotopic (exact) mass is 270 g/mol. The van der Waals surface area contributed by atoms with Crippen LogP contribution in [0.4, 0.5) is 0 Å². The van der Waals surface area contributed by atoms with Crippen molar-refractivity contribution in [3.8, 4) is 0 Å². The van der Waals surface area contributed by atoms with Crippen molar-refractivity contribution in [2.45, 2.75) is 45.8 Å². The third-order valence-electron chi connectivity index (χ3n) is 1.98. The van der Waals surface area contributed by atoms with Crippen molar-refractivity contribution < 1.29 is 28.3 Å². The number of hydrogen-bond donors (Lipinski definition) is 2. The van der Waals surface area contributed by atoms with Crippen LogP contribution in [0.1, 0.15) is 39.5 Å². The Hall–Kier alpha value is 0.0300. The van der Waals surface area contributed by atoms with E-state index in [1.807, 2.05) is 13.8 Å². The van der Waals surface area contributed by atoms with E-state index < -0.39 is 14.1 Å². The van der Waals surface area contributed by atoms with Crippen LogP contribution in [0.2, 0.25) is 0 Å². The quantitative estimate of drug-likeness (QED) is 0.339. The number of unbranched alkanes of at least 4 members (excludes halogenated alkanes) is 2. The van der Waals surface area contributed by atoms with E-state index in [0.717, 1.165) is 25.7 Å². The summed E-state index contributed by atoms with van der Waals surface area (Å²) in [5.74, 6) is 0. The molecule has 0 amide bonds. The molecule has 0 radical (unpaired) electrons. The Kier molecular flexibility index (Phi) is 10.0. The fourth-order valence-electron chi connectivity index (χ4n) is 1.02. The van der Waals surface area contributed by atoms with Gasteiger partial charge in [0, 0.05) is 13.2 Å². The van der Waals surface area contributed by atoms with Gasteiger partial charge in [-0.2, -0.15) is 0 Å². The maximum absolute atomic E-state index is 10.6. The van der Waals surface area contributed by atoms with Crippen LogP contribution in [-0.4, -0.2) is 35.9 Å². The van der Waals surface area contributed by atoms with Gasteiger partial charge >= 0.3 is 7.82 Å². The molecule has 2 N–H and O–H groups in total. The molecule has 7 heteroatoms. The van der Waals surface area contributed by atoms with Gasteiger partial charge in [-0.15, -0.1) is 0 Å². The Morgan fingerprint density at radius 2 is 1.53 bits per heavy atom.